The van der Waals surface area contributed by atoms with Gasteiger partial charge in [-0.3, -0.25) is 4.79 Å². The molecule has 0 saturated heterocycles. The number of halogens is 1. The van der Waals surface area contributed by atoms with E-state index in [-0.39, 0.29) is 18.4 Å². The van der Waals surface area contributed by atoms with Crippen molar-refractivity contribution in [2.24, 2.45) is 0 Å². The smallest absolute Gasteiger partial charge is 0.321 e. The standard InChI is InChI=1S/C14H19ClN2O3/c1-3-8-17(9-7-13(18)20-2)14(19)16-12-6-4-5-11(15)10-12/h4-6,10H,3,7-9H2,1-2H3,(H,16,19). The summed E-state index contributed by atoms with van der Waals surface area (Å²) in [6, 6.07) is 6.67. The van der Waals surface area contributed by atoms with Gasteiger partial charge in [0, 0.05) is 23.8 Å². The van der Waals surface area contributed by atoms with E-state index in [1.807, 2.05) is 6.92 Å². The molecule has 0 aromatic heterocycles. The number of amides is 2. The highest BCUT2D eigenvalue weighted by molar-refractivity contribution is 6.30. The van der Waals surface area contributed by atoms with Crippen molar-refractivity contribution in [3.05, 3.63) is 29.3 Å². The minimum Gasteiger partial charge on any atom is -0.469 e. The maximum atomic E-state index is 12.1. The topological polar surface area (TPSA) is 58.6 Å². The van der Waals surface area contributed by atoms with Gasteiger partial charge in [-0.1, -0.05) is 24.6 Å². The fourth-order valence-electron chi connectivity index (χ4n) is 1.68. The SMILES string of the molecule is CCCN(CCC(=O)OC)C(=O)Nc1cccc(Cl)c1. The molecule has 0 heterocycles. The Balaban J connectivity index is 2.61. The lowest BCUT2D eigenvalue weighted by atomic mass is 10.3. The van der Waals surface area contributed by atoms with Gasteiger partial charge in [0.2, 0.25) is 0 Å². The van der Waals surface area contributed by atoms with E-state index in [1.165, 1.54) is 7.11 Å². The average Bonchev–Trinajstić information content (AvgIpc) is 2.42. The van der Waals surface area contributed by atoms with Gasteiger partial charge in [0.1, 0.15) is 0 Å². The van der Waals surface area contributed by atoms with E-state index < -0.39 is 0 Å². The first-order chi connectivity index (χ1) is 9.56. The minimum absolute atomic E-state index is 0.180. The third kappa shape index (κ3) is 5.48. The summed E-state index contributed by atoms with van der Waals surface area (Å²) in [6.07, 6.45) is 0.990. The van der Waals surface area contributed by atoms with Crippen LogP contribution in [-0.2, 0) is 9.53 Å². The molecule has 0 bridgehead atoms. The van der Waals surface area contributed by atoms with Crippen molar-refractivity contribution >= 4 is 29.3 Å². The molecule has 0 unspecified atom stereocenters. The number of nitrogens with one attached hydrogen (secondary N) is 1. The molecule has 110 valence electrons. The van der Waals surface area contributed by atoms with Crippen LogP contribution in [0.25, 0.3) is 0 Å². The van der Waals surface area contributed by atoms with Crippen molar-refractivity contribution < 1.29 is 14.3 Å². The maximum absolute atomic E-state index is 12.1. The molecular weight excluding hydrogens is 280 g/mol. The van der Waals surface area contributed by atoms with Crippen molar-refractivity contribution in [2.75, 3.05) is 25.5 Å². The molecule has 20 heavy (non-hydrogen) atoms. The summed E-state index contributed by atoms with van der Waals surface area (Å²) in [4.78, 5) is 24.9. The van der Waals surface area contributed by atoms with Crippen LogP contribution in [0.1, 0.15) is 19.8 Å². The molecule has 0 radical (unpaired) electrons. The first-order valence-corrected chi connectivity index (χ1v) is 6.83. The van der Waals surface area contributed by atoms with Crippen LogP contribution in [0.3, 0.4) is 0 Å². The molecule has 0 aliphatic heterocycles. The van der Waals surface area contributed by atoms with E-state index in [4.69, 9.17) is 11.6 Å². The number of rotatable bonds is 6. The Bertz CT molecular complexity index is 465. The second-order valence-electron chi connectivity index (χ2n) is 4.25. The predicted molar refractivity (Wildman–Crippen MR) is 79.0 cm³/mol. The van der Waals surface area contributed by atoms with Gasteiger partial charge in [0.25, 0.3) is 0 Å². The summed E-state index contributed by atoms with van der Waals surface area (Å²) in [6.45, 7) is 2.87. The summed E-state index contributed by atoms with van der Waals surface area (Å²) in [5.41, 5.74) is 0.627. The molecule has 6 heteroatoms. The molecule has 1 aromatic carbocycles. The fourth-order valence-corrected chi connectivity index (χ4v) is 1.87. The largest absolute Gasteiger partial charge is 0.469 e. The van der Waals surface area contributed by atoms with E-state index >= 15 is 0 Å². The van der Waals surface area contributed by atoms with Crippen LogP contribution in [-0.4, -0.2) is 37.1 Å². The van der Waals surface area contributed by atoms with Crippen LogP contribution in [0.2, 0.25) is 5.02 Å². The highest BCUT2D eigenvalue weighted by Gasteiger charge is 2.14. The number of hydrogen-bond acceptors (Lipinski definition) is 3. The zero-order valence-electron chi connectivity index (χ0n) is 11.7. The molecule has 0 atom stereocenters. The van der Waals surface area contributed by atoms with E-state index in [0.717, 1.165) is 6.42 Å². The molecule has 0 saturated carbocycles. The van der Waals surface area contributed by atoms with Crippen molar-refractivity contribution in [3.63, 3.8) is 0 Å². The molecular formula is C14H19ClN2O3. The third-order valence-corrected chi connectivity index (χ3v) is 2.91. The molecule has 1 rings (SSSR count). The molecule has 0 fully saturated rings. The maximum Gasteiger partial charge on any atom is 0.321 e. The van der Waals surface area contributed by atoms with Crippen LogP contribution in [0, 0.1) is 0 Å². The van der Waals surface area contributed by atoms with Gasteiger partial charge >= 0.3 is 12.0 Å². The number of methoxy groups -OCH3 is 1. The lowest BCUT2D eigenvalue weighted by Crippen LogP contribution is -2.37. The van der Waals surface area contributed by atoms with E-state index in [1.54, 1.807) is 29.2 Å². The number of ether oxygens (including phenoxy) is 1. The van der Waals surface area contributed by atoms with Gasteiger partial charge in [-0.2, -0.15) is 0 Å². The molecule has 1 N–H and O–H groups in total. The Kier molecular flexibility index (Phi) is 6.87. The number of anilines is 1. The molecule has 1 aromatic rings. The van der Waals surface area contributed by atoms with Gasteiger partial charge in [0.15, 0.2) is 0 Å². The second-order valence-corrected chi connectivity index (χ2v) is 4.69. The Morgan fingerprint density at radius 3 is 2.70 bits per heavy atom. The highest BCUT2D eigenvalue weighted by Crippen LogP contribution is 2.15. The molecule has 5 nitrogen and oxygen atoms in total. The Morgan fingerprint density at radius 2 is 2.10 bits per heavy atom. The molecule has 2 amide bonds. The quantitative estimate of drug-likeness (QED) is 0.821. The van der Waals surface area contributed by atoms with E-state index in [9.17, 15) is 9.59 Å². The third-order valence-electron chi connectivity index (χ3n) is 2.67. The molecule has 0 spiro atoms. The number of carbonyl (C=O) groups excluding carboxylic acids is 2. The summed E-state index contributed by atoms with van der Waals surface area (Å²) in [7, 11) is 1.33. The Morgan fingerprint density at radius 1 is 1.35 bits per heavy atom. The first-order valence-electron chi connectivity index (χ1n) is 6.45. The van der Waals surface area contributed by atoms with Gasteiger partial charge in [-0.25, -0.2) is 4.79 Å². The molecule has 0 aliphatic carbocycles. The minimum atomic E-state index is -0.332. The van der Waals surface area contributed by atoms with Crippen LogP contribution in [0.5, 0.6) is 0 Å². The summed E-state index contributed by atoms with van der Waals surface area (Å²) in [5, 5.41) is 3.31. The van der Waals surface area contributed by atoms with Gasteiger partial charge < -0.3 is 15.0 Å². The summed E-state index contributed by atoms with van der Waals surface area (Å²) < 4.78 is 4.58. The molecule has 0 aliphatic rings. The van der Waals surface area contributed by atoms with Crippen molar-refractivity contribution in [2.45, 2.75) is 19.8 Å². The van der Waals surface area contributed by atoms with Gasteiger partial charge in [-0.05, 0) is 24.6 Å². The predicted octanol–water partition coefficient (Wildman–Crippen LogP) is 3.15. The number of urea groups is 1. The summed E-state index contributed by atoms with van der Waals surface area (Å²) >= 11 is 5.86. The Hall–Kier alpha value is -1.75. The lowest BCUT2D eigenvalue weighted by Gasteiger charge is -2.22. The van der Waals surface area contributed by atoms with Crippen molar-refractivity contribution in [3.8, 4) is 0 Å². The van der Waals surface area contributed by atoms with Gasteiger partial charge in [-0.15, -0.1) is 0 Å². The van der Waals surface area contributed by atoms with Crippen molar-refractivity contribution in [1.82, 2.24) is 4.90 Å². The second kappa shape index (κ2) is 8.43. The number of esters is 1. The van der Waals surface area contributed by atoms with E-state index in [0.29, 0.717) is 23.8 Å². The van der Waals surface area contributed by atoms with E-state index in [2.05, 4.69) is 10.1 Å². The van der Waals surface area contributed by atoms with Crippen LogP contribution < -0.4 is 5.32 Å². The fraction of sp³-hybridized carbons (Fsp3) is 0.429. The lowest BCUT2D eigenvalue weighted by molar-refractivity contribution is -0.140. The number of nitrogens with zero attached hydrogens (tertiary/aromatic N) is 1. The normalized spacial score (nSPS) is 9.95. The zero-order valence-corrected chi connectivity index (χ0v) is 12.4. The van der Waals surface area contributed by atoms with Gasteiger partial charge in [0.05, 0.1) is 13.5 Å². The van der Waals surface area contributed by atoms with Crippen LogP contribution in [0.15, 0.2) is 24.3 Å². The highest BCUT2D eigenvalue weighted by atomic mass is 35.5. The zero-order chi connectivity index (χ0) is 15.0. The summed E-state index contributed by atoms with van der Waals surface area (Å²) in [5.74, 6) is -0.332. The first kappa shape index (κ1) is 16.3. The number of hydrogen-bond donors (Lipinski definition) is 1. The monoisotopic (exact) mass is 298 g/mol. The average molecular weight is 299 g/mol. The number of carbonyl (C=O) groups is 2. The Labute approximate surface area is 123 Å². The number of benzene rings is 1. The van der Waals surface area contributed by atoms with Crippen molar-refractivity contribution in [1.29, 1.82) is 0 Å². The van der Waals surface area contributed by atoms with Crippen LogP contribution in [0.4, 0.5) is 10.5 Å². The van der Waals surface area contributed by atoms with Crippen LogP contribution >= 0.6 is 11.6 Å².